The number of aromatic nitrogens is 3. The minimum Gasteiger partial charge on any atom is -0.359 e. The lowest BCUT2D eigenvalue weighted by molar-refractivity contribution is 0.148. The van der Waals surface area contributed by atoms with E-state index in [2.05, 4.69) is 75.2 Å². The summed E-state index contributed by atoms with van der Waals surface area (Å²) in [6, 6.07) is 12.7. The van der Waals surface area contributed by atoms with Crippen LogP contribution in [0.2, 0.25) is 0 Å². The van der Waals surface area contributed by atoms with Crippen molar-refractivity contribution in [3.63, 3.8) is 0 Å². The lowest BCUT2D eigenvalue weighted by Gasteiger charge is -2.32. The summed E-state index contributed by atoms with van der Waals surface area (Å²) in [6.07, 6.45) is 9.26. The van der Waals surface area contributed by atoms with Crippen LogP contribution in [0.4, 0.5) is 11.4 Å². The van der Waals surface area contributed by atoms with Crippen molar-refractivity contribution in [2.75, 3.05) is 38.5 Å². The molecule has 0 aliphatic carbocycles. The van der Waals surface area contributed by atoms with Crippen LogP contribution in [0.25, 0.3) is 23.1 Å². The number of hydrogen-bond acceptors (Lipinski definition) is 6. The Morgan fingerprint density at radius 3 is 2.64 bits per heavy atom. The molecule has 0 amide bonds. The molecule has 3 aromatic heterocycles. The monoisotopic (exact) mass is 477 g/mol. The zero-order chi connectivity index (χ0) is 25.1. The minimum atomic E-state index is 0.498. The highest BCUT2D eigenvalue weighted by Gasteiger charge is 2.14. The van der Waals surface area contributed by atoms with Crippen LogP contribution >= 0.6 is 0 Å². The fraction of sp³-hybridized carbons (Fsp3) is 0.276. The number of nitrogens with zero attached hydrogens (tertiary/aromatic N) is 5. The van der Waals surface area contributed by atoms with Gasteiger partial charge in [0.05, 0.1) is 16.9 Å². The van der Waals surface area contributed by atoms with Crippen molar-refractivity contribution in [2.24, 2.45) is 0 Å². The van der Waals surface area contributed by atoms with Crippen molar-refractivity contribution < 1.29 is 0 Å². The topological polar surface area (TPSA) is 83.9 Å². The zero-order valence-electron chi connectivity index (χ0n) is 21.0. The predicted molar refractivity (Wildman–Crippen MR) is 146 cm³/mol. The van der Waals surface area contributed by atoms with Crippen LogP contribution in [0.3, 0.4) is 0 Å². The molecule has 182 valence electrons. The predicted octanol–water partition coefficient (Wildman–Crippen LogP) is 5.11. The van der Waals surface area contributed by atoms with E-state index in [1.54, 1.807) is 12.4 Å². The number of nitrogens with one attached hydrogen (secondary N) is 2. The maximum atomic E-state index is 9.75. The number of hydrogen-bond donors (Lipinski definition) is 2. The second-order valence-electron chi connectivity index (χ2n) is 9.54. The highest BCUT2D eigenvalue weighted by Crippen LogP contribution is 2.31. The van der Waals surface area contributed by atoms with Gasteiger partial charge in [0.25, 0.3) is 0 Å². The molecule has 0 unspecified atom stereocenters. The van der Waals surface area contributed by atoms with Crippen molar-refractivity contribution in [1.29, 1.82) is 5.26 Å². The molecule has 1 aliphatic heterocycles. The summed E-state index contributed by atoms with van der Waals surface area (Å²) < 4.78 is 0. The number of fused-ring (bicyclic) bond motifs is 1. The van der Waals surface area contributed by atoms with Gasteiger partial charge in [0, 0.05) is 79.2 Å². The molecule has 5 rings (SSSR count). The molecule has 7 heteroatoms. The third-order valence-electron chi connectivity index (χ3n) is 6.85. The van der Waals surface area contributed by atoms with Gasteiger partial charge >= 0.3 is 0 Å². The van der Waals surface area contributed by atoms with Crippen LogP contribution in [0, 0.1) is 25.2 Å². The molecular formula is C29H31N7. The molecule has 4 heterocycles. The van der Waals surface area contributed by atoms with Crippen LogP contribution in [-0.2, 0) is 6.54 Å². The van der Waals surface area contributed by atoms with Crippen LogP contribution in [-0.4, -0.2) is 58.0 Å². The highest BCUT2D eigenvalue weighted by atomic mass is 15.2. The molecule has 1 fully saturated rings. The first-order chi connectivity index (χ1) is 17.5. The maximum absolute atomic E-state index is 9.75. The quantitative estimate of drug-likeness (QED) is 0.402. The number of piperazine rings is 1. The van der Waals surface area contributed by atoms with Gasteiger partial charge in [-0.15, -0.1) is 0 Å². The van der Waals surface area contributed by atoms with Gasteiger partial charge in [-0.1, -0.05) is 6.07 Å². The Morgan fingerprint density at radius 1 is 1.06 bits per heavy atom. The lowest BCUT2D eigenvalue weighted by atomic mass is 10.1. The zero-order valence-corrected chi connectivity index (χ0v) is 21.0. The van der Waals surface area contributed by atoms with Gasteiger partial charge < -0.3 is 15.2 Å². The second kappa shape index (κ2) is 10.3. The maximum Gasteiger partial charge on any atom is 0.103 e. The smallest absolute Gasteiger partial charge is 0.103 e. The number of anilines is 2. The first-order valence-electron chi connectivity index (χ1n) is 12.3. The molecule has 1 saturated heterocycles. The van der Waals surface area contributed by atoms with Gasteiger partial charge in [-0.2, -0.15) is 5.26 Å². The van der Waals surface area contributed by atoms with E-state index in [0.717, 1.165) is 72.1 Å². The minimum absolute atomic E-state index is 0.498. The van der Waals surface area contributed by atoms with Crippen molar-refractivity contribution in [2.45, 2.75) is 20.4 Å². The van der Waals surface area contributed by atoms with Crippen LogP contribution < -0.4 is 5.32 Å². The van der Waals surface area contributed by atoms with Gasteiger partial charge in [0.2, 0.25) is 0 Å². The van der Waals surface area contributed by atoms with Gasteiger partial charge in [-0.3, -0.25) is 14.9 Å². The molecule has 0 atom stereocenters. The van der Waals surface area contributed by atoms with Crippen LogP contribution in [0.15, 0.2) is 48.9 Å². The third-order valence-corrected chi connectivity index (χ3v) is 6.85. The van der Waals surface area contributed by atoms with Gasteiger partial charge in [0.1, 0.15) is 6.07 Å². The van der Waals surface area contributed by atoms with E-state index in [9.17, 15) is 5.26 Å². The fourth-order valence-electron chi connectivity index (χ4n) is 4.65. The summed E-state index contributed by atoms with van der Waals surface area (Å²) in [5.74, 6) is 0. The molecular weight excluding hydrogens is 446 g/mol. The first-order valence-corrected chi connectivity index (χ1v) is 12.3. The molecule has 0 spiro atoms. The number of aromatic amines is 1. The second-order valence-corrected chi connectivity index (χ2v) is 9.54. The molecule has 1 aliphatic rings. The average molecular weight is 478 g/mol. The van der Waals surface area contributed by atoms with Crippen molar-refractivity contribution >= 4 is 34.4 Å². The van der Waals surface area contributed by atoms with E-state index >= 15 is 0 Å². The largest absolute Gasteiger partial charge is 0.359 e. The number of pyridine rings is 2. The average Bonchev–Trinajstić information content (AvgIpc) is 3.28. The first kappa shape index (κ1) is 23.7. The summed E-state index contributed by atoms with van der Waals surface area (Å²) in [7, 11) is 2.17. The fourth-order valence-corrected chi connectivity index (χ4v) is 4.65. The Morgan fingerprint density at radius 2 is 1.89 bits per heavy atom. The van der Waals surface area contributed by atoms with Crippen molar-refractivity contribution in [3.8, 4) is 6.07 Å². The molecule has 0 radical (unpaired) electrons. The third kappa shape index (κ3) is 5.15. The highest BCUT2D eigenvalue weighted by molar-refractivity contribution is 5.91. The molecule has 4 aromatic rings. The summed E-state index contributed by atoms with van der Waals surface area (Å²) in [6.45, 7) is 9.47. The summed E-state index contributed by atoms with van der Waals surface area (Å²) >= 11 is 0. The van der Waals surface area contributed by atoms with Crippen LogP contribution in [0.5, 0.6) is 0 Å². The van der Waals surface area contributed by atoms with Gasteiger partial charge in [0.15, 0.2) is 0 Å². The van der Waals surface area contributed by atoms with Crippen molar-refractivity contribution in [1.82, 2.24) is 24.8 Å². The molecule has 0 bridgehead atoms. The summed E-state index contributed by atoms with van der Waals surface area (Å²) in [5.41, 5.74) is 8.48. The Kier molecular flexibility index (Phi) is 6.81. The van der Waals surface area contributed by atoms with Crippen molar-refractivity contribution in [3.05, 3.63) is 82.6 Å². The van der Waals surface area contributed by atoms with E-state index < -0.39 is 0 Å². The number of likely N-dealkylation sites (N-methyl/N-ethyl adjacent to an activating group) is 1. The normalized spacial score (nSPS) is 14.9. The number of rotatable bonds is 6. The Balaban J connectivity index is 1.36. The van der Waals surface area contributed by atoms with E-state index in [-0.39, 0.29) is 0 Å². The van der Waals surface area contributed by atoms with Gasteiger partial charge in [-0.25, -0.2) is 0 Å². The molecule has 2 N–H and O–H groups in total. The van der Waals surface area contributed by atoms with Gasteiger partial charge in [-0.05, 0) is 68.4 Å². The number of nitriles is 1. The van der Waals surface area contributed by atoms with E-state index in [4.69, 9.17) is 0 Å². The Bertz CT molecular complexity index is 1440. The number of benzene rings is 1. The molecule has 0 saturated carbocycles. The van der Waals surface area contributed by atoms with E-state index in [1.165, 1.54) is 10.9 Å². The summed E-state index contributed by atoms with van der Waals surface area (Å²) in [4.78, 5) is 17.1. The standard InChI is InChI=1S/C29H31N7/c1-20-14-26-21(2)27(8-9-28(26)33-20)34-29-23(17-31-18-24(29)15-30)5-7-25-6-4-22(16-32-25)19-36-12-10-35(3)11-13-36/h4-9,14,16-18,33H,10-13,19H2,1-3H3,(H,31,34). The Labute approximate surface area is 212 Å². The molecule has 36 heavy (non-hydrogen) atoms. The number of aryl methyl sites for hydroxylation is 2. The molecule has 1 aromatic carbocycles. The van der Waals surface area contributed by atoms with E-state index in [0.29, 0.717) is 5.56 Å². The number of H-pyrrole nitrogens is 1. The summed E-state index contributed by atoms with van der Waals surface area (Å²) in [5, 5.41) is 14.4. The van der Waals surface area contributed by atoms with Crippen LogP contribution in [0.1, 0.15) is 33.6 Å². The molecule has 7 nitrogen and oxygen atoms in total. The SMILES string of the molecule is Cc1cc2c(C)c(Nc3c(C#N)cncc3C=Cc3ccc(CN4CCN(C)CC4)cn3)ccc2[nH]1. The Hall–Kier alpha value is -3.99. The van der Waals surface area contributed by atoms with E-state index in [1.807, 2.05) is 30.5 Å². The lowest BCUT2D eigenvalue weighted by Crippen LogP contribution is -2.43.